The minimum Gasteiger partial charge on any atom is -0.462 e. The van der Waals surface area contributed by atoms with Crippen molar-refractivity contribution in [2.24, 2.45) is 0 Å². The van der Waals surface area contributed by atoms with Crippen molar-refractivity contribution in [2.75, 3.05) is 6.61 Å². The Bertz CT molecular complexity index is 372. The van der Waals surface area contributed by atoms with E-state index in [1.165, 1.54) is 0 Å². The summed E-state index contributed by atoms with van der Waals surface area (Å²) >= 11 is 0. The Morgan fingerprint density at radius 1 is 1.69 bits per heavy atom. The fourth-order valence-electron chi connectivity index (χ4n) is 0.788. The highest BCUT2D eigenvalue weighted by Crippen LogP contribution is 1.99. The Morgan fingerprint density at radius 3 is 2.92 bits per heavy atom. The van der Waals surface area contributed by atoms with Gasteiger partial charge in [0, 0.05) is 6.20 Å². The molecule has 0 radical (unpaired) electrons. The summed E-state index contributed by atoms with van der Waals surface area (Å²) in [5, 5.41) is 0. The lowest BCUT2D eigenvalue weighted by atomic mass is 10.3. The summed E-state index contributed by atoms with van der Waals surface area (Å²) in [5.41, 5.74) is -0.855. The van der Waals surface area contributed by atoms with Crippen molar-refractivity contribution in [1.29, 1.82) is 0 Å². The smallest absolute Gasteiger partial charge is 0.339 e. The molecule has 1 aromatic heterocycles. The molecule has 0 amide bonds. The Labute approximate surface area is 73.3 Å². The lowest BCUT2D eigenvalue weighted by molar-refractivity contribution is 0.0525. The first kappa shape index (κ1) is 9.44. The molecule has 0 aliphatic heterocycles. The van der Waals surface area contributed by atoms with Gasteiger partial charge in [0.1, 0.15) is 0 Å². The summed E-state index contributed by atoms with van der Waals surface area (Å²) in [6.45, 7) is 1.85. The summed E-state index contributed by atoms with van der Waals surface area (Å²) in [7, 11) is 0. The van der Waals surface area contributed by atoms with Crippen molar-refractivity contribution < 1.29 is 13.9 Å². The standard InChI is InChI=1S/C8H8FNO3/c1-2-13-8(12)5-3-6(9)7(11)10-4-5/h3-4H,2H2,1H3,(H,10,11). The number of hydrogen-bond acceptors (Lipinski definition) is 3. The third kappa shape index (κ3) is 2.14. The molecule has 0 fully saturated rings. The lowest BCUT2D eigenvalue weighted by Crippen LogP contribution is -2.14. The molecule has 70 valence electrons. The summed E-state index contributed by atoms with van der Waals surface area (Å²) < 4.78 is 17.2. The zero-order chi connectivity index (χ0) is 9.84. The highest BCUT2D eigenvalue weighted by Gasteiger charge is 2.08. The van der Waals surface area contributed by atoms with Crippen LogP contribution in [0.2, 0.25) is 0 Å². The molecule has 13 heavy (non-hydrogen) atoms. The van der Waals surface area contributed by atoms with Crippen LogP contribution in [0.15, 0.2) is 17.1 Å². The van der Waals surface area contributed by atoms with Crippen molar-refractivity contribution in [2.45, 2.75) is 6.92 Å². The topological polar surface area (TPSA) is 59.2 Å². The number of H-pyrrole nitrogens is 1. The Kier molecular flexibility index (Phi) is 2.79. The zero-order valence-corrected chi connectivity index (χ0v) is 6.96. The maximum atomic E-state index is 12.6. The van der Waals surface area contributed by atoms with E-state index in [9.17, 15) is 14.0 Å². The maximum absolute atomic E-state index is 12.6. The number of aromatic amines is 1. The molecular weight excluding hydrogens is 177 g/mol. The fourth-order valence-corrected chi connectivity index (χ4v) is 0.788. The fraction of sp³-hybridized carbons (Fsp3) is 0.250. The number of ether oxygens (including phenoxy) is 1. The molecule has 0 saturated carbocycles. The number of rotatable bonds is 2. The third-order valence-electron chi connectivity index (χ3n) is 1.37. The van der Waals surface area contributed by atoms with Crippen molar-refractivity contribution in [3.63, 3.8) is 0 Å². The summed E-state index contributed by atoms with van der Waals surface area (Å²) in [5.74, 6) is -1.65. The number of pyridine rings is 1. The van der Waals surface area contributed by atoms with Crippen LogP contribution in [-0.2, 0) is 4.74 Å². The summed E-state index contributed by atoms with van der Waals surface area (Å²) in [6, 6.07) is 0.844. The second kappa shape index (κ2) is 3.84. The lowest BCUT2D eigenvalue weighted by Gasteiger charge is -1.99. The molecule has 0 atom stereocenters. The van der Waals surface area contributed by atoms with Crippen LogP contribution in [-0.4, -0.2) is 17.6 Å². The average Bonchev–Trinajstić information content (AvgIpc) is 2.10. The quantitative estimate of drug-likeness (QED) is 0.689. The summed E-state index contributed by atoms with van der Waals surface area (Å²) in [4.78, 5) is 23.6. The highest BCUT2D eigenvalue weighted by atomic mass is 19.1. The number of carbonyl (C=O) groups excluding carboxylic acids is 1. The van der Waals surface area contributed by atoms with Crippen LogP contribution in [0.25, 0.3) is 0 Å². The molecule has 0 spiro atoms. The van der Waals surface area contributed by atoms with Gasteiger partial charge in [0.2, 0.25) is 0 Å². The van der Waals surface area contributed by atoms with Crippen molar-refractivity contribution in [3.05, 3.63) is 34.0 Å². The van der Waals surface area contributed by atoms with Gasteiger partial charge in [0.25, 0.3) is 5.56 Å². The van der Waals surface area contributed by atoms with E-state index in [4.69, 9.17) is 0 Å². The van der Waals surface area contributed by atoms with E-state index in [2.05, 4.69) is 9.72 Å². The van der Waals surface area contributed by atoms with Gasteiger partial charge in [0.05, 0.1) is 12.2 Å². The average molecular weight is 185 g/mol. The van der Waals surface area contributed by atoms with Gasteiger partial charge in [-0.05, 0) is 13.0 Å². The van der Waals surface area contributed by atoms with Crippen LogP contribution in [0.5, 0.6) is 0 Å². The molecular formula is C8H8FNO3. The highest BCUT2D eigenvalue weighted by molar-refractivity contribution is 5.88. The predicted molar refractivity (Wildman–Crippen MR) is 43.0 cm³/mol. The van der Waals surface area contributed by atoms with E-state index < -0.39 is 17.3 Å². The second-order valence-electron chi connectivity index (χ2n) is 2.29. The number of carbonyl (C=O) groups is 1. The molecule has 0 unspecified atom stereocenters. The molecule has 1 heterocycles. The Hall–Kier alpha value is -1.65. The van der Waals surface area contributed by atoms with Crippen LogP contribution < -0.4 is 5.56 Å². The maximum Gasteiger partial charge on any atom is 0.339 e. The van der Waals surface area contributed by atoms with Crippen LogP contribution >= 0.6 is 0 Å². The number of hydrogen-bond donors (Lipinski definition) is 1. The first-order valence-corrected chi connectivity index (χ1v) is 3.70. The number of halogens is 1. The van der Waals surface area contributed by atoms with E-state index in [1.807, 2.05) is 0 Å². The largest absolute Gasteiger partial charge is 0.462 e. The van der Waals surface area contributed by atoms with E-state index in [0.29, 0.717) is 0 Å². The van der Waals surface area contributed by atoms with E-state index in [1.54, 1.807) is 6.92 Å². The Balaban J connectivity index is 2.97. The van der Waals surface area contributed by atoms with Crippen LogP contribution in [0.1, 0.15) is 17.3 Å². The molecule has 4 nitrogen and oxygen atoms in total. The normalized spacial score (nSPS) is 9.69. The van der Waals surface area contributed by atoms with Crippen molar-refractivity contribution in [3.8, 4) is 0 Å². The van der Waals surface area contributed by atoms with Gasteiger partial charge in [0.15, 0.2) is 5.82 Å². The van der Waals surface area contributed by atoms with Gasteiger partial charge >= 0.3 is 5.97 Å². The molecule has 0 aliphatic carbocycles. The van der Waals surface area contributed by atoms with Gasteiger partial charge in [-0.3, -0.25) is 4.79 Å². The minimum atomic E-state index is -0.995. The molecule has 1 N–H and O–H groups in total. The van der Waals surface area contributed by atoms with Gasteiger partial charge in [-0.15, -0.1) is 0 Å². The predicted octanol–water partition coefficient (Wildman–Crippen LogP) is 0.691. The van der Waals surface area contributed by atoms with Gasteiger partial charge in [-0.2, -0.15) is 0 Å². The first-order chi connectivity index (χ1) is 6.15. The molecule has 0 aliphatic rings. The molecule has 0 saturated heterocycles. The van der Waals surface area contributed by atoms with Crippen molar-refractivity contribution >= 4 is 5.97 Å². The molecule has 0 bridgehead atoms. The van der Waals surface area contributed by atoms with Crippen LogP contribution in [0.4, 0.5) is 4.39 Å². The SMILES string of the molecule is CCOC(=O)c1c[nH]c(=O)c(F)c1. The molecule has 0 aromatic carbocycles. The number of esters is 1. The summed E-state index contributed by atoms with van der Waals surface area (Å²) in [6.07, 6.45) is 1.11. The second-order valence-corrected chi connectivity index (χ2v) is 2.29. The minimum absolute atomic E-state index is 0.000972. The molecule has 1 aromatic rings. The third-order valence-corrected chi connectivity index (χ3v) is 1.37. The van der Waals surface area contributed by atoms with Crippen LogP contribution in [0.3, 0.4) is 0 Å². The number of aromatic nitrogens is 1. The zero-order valence-electron chi connectivity index (χ0n) is 6.96. The Morgan fingerprint density at radius 2 is 2.38 bits per heavy atom. The van der Waals surface area contributed by atoms with E-state index in [-0.39, 0.29) is 12.2 Å². The number of nitrogens with one attached hydrogen (secondary N) is 1. The molecule has 1 rings (SSSR count). The van der Waals surface area contributed by atoms with E-state index >= 15 is 0 Å². The first-order valence-electron chi connectivity index (χ1n) is 3.70. The van der Waals surface area contributed by atoms with Gasteiger partial charge in [-0.1, -0.05) is 0 Å². The van der Waals surface area contributed by atoms with Crippen LogP contribution in [0, 0.1) is 5.82 Å². The van der Waals surface area contributed by atoms with Gasteiger partial charge in [-0.25, -0.2) is 9.18 Å². The monoisotopic (exact) mass is 185 g/mol. The van der Waals surface area contributed by atoms with E-state index in [0.717, 1.165) is 12.3 Å². The van der Waals surface area contributed by atoms with Gasteiger partial charge < -0.3 is 9.72 Å². The van der Waals surface area contributed by atoms with Crippen molar-refractivity contribution in [1.82, 2.24) is 4.98 Å². The molecule has 5 heteroatoms.